The van der Waals surface area contributed by atoms with Gasteiger partial charge in [-0.1, -0.05) is 43.3 Å². The van der Waals surface area contributed by atoms with E-state index in [2.05, 4.69) is 41.8 Å². The van der Waals surface area contributed by atoms with Crippen molar-refractivity contribution < 1.29 is 9.59 Å². The number of nitrogens with zero attached hydrogens (tertiary/aromatic N) is 1. The standard InChI is InChI=1S/C23H27N3O2/c1-15-20-7-4-3-6-18(20)14-21(15)25-23(28)24-16(2)17-9-11-19(12-10-17)26-13-5-8-22(26)27/h3-4,6-7,9-12,15-16,21H,5,8,13-14H2,1-2H3,(H2,24,25,28)/t15-,16?,21+/m0/s1. The van der Waals surface area contributed by atoms with Crippen molar-refractivity contribution in [3.05, 3.63) is 65.2 Å². The molecule has 0 spiro atoms. The van der Waals surface area contributed by atoms with E-state index in [-0.39, 0.29) is 24.0 Å². The highest BCUT2D eigenvalue weighted by molar-refractivity contribution is 5.95. The first-order valence-electron chi connectivity index (χ1n) is 10.1. The molecule has 0 radical (unpaired) electrons. The Balaban J connectivity index is 1.34. The van der Waals surface area contributed by atoms with E-state index in [0.717, 1.165) is 30.6 Å². The molecule has 1 aliphatic heterocycles. The molecule has 1 fully saturated rings. The highest BCUT2D eigenvalue weighted by Gasteiger charge is 2.30. The molecule has 1 aliphatic carbocycles. The maximum absolute atomic E-state index is 12.5. The first-order valence-corrected chi connectivity index (χ1v) is 10.1. The van der Waals surface area contributed by atoms with Crippen LogP contribution < -0.4 is 15.5 Å². The van der Waals surface area contributed by atoms with Gasteiger partial charge in [0.1, 0.15) is 0 Å². The molecule has 2 aliphatic rings. The quantitative estimate of drug-likeness (QED) is 0.849. The number of nitrogens with one attached hydrogen (secondary N) is 2. The molecule has 1 heterocycles. The summed E-state index contributed by atoms with van der Waals surface area (Å²) in [7, 11) is 0. The van der Waals surface area contributed by atoms with Crippen molar-refractivity contribution in [2.24, 2.45) is 0 Å². The Morgan fingerprint density at radius 3 is 2.57 bits per heavy atom. The second kappa shape index (κ2) is 7.66. The maximum atomic E-state index is 12.5. The number of urea groups is 1. The maximum Gasteiger partial charge on any atom is 0.315 e. The van der Waals surface area contributed by atoms with Gasteiger partial charge in [-0.2, -0.15) is 0 Å². The Morgan fingerprint density at radius 1 is 1.14 bits per heavy atom. The molecule has 4 rings (SSSR count). The summed E-state index contributed by atoms with van der Waals surface area (Å²) in [5.74, 6) is 0.500. The van der Waals surface area contributed by atoms with Crippen LogP contribution in [0.5, 0.6) is 0 Å². The Morgan fingerprint density at radius 2 is 1.89 bits per heavy atom. The summed E-state index contributed by atoms with van der Waals surface area (Å²) in [5, 5.41) is 6.17. The van der Waals surface area contributed by atoms with E-state index in [9.17, 15) is 9.59 Å². The number of fused-ring (bicyclic) bond motifs is 1. The van der Waals surface area contributed by atoms with Gasteiger partial charge < -0.3 is 15.5 Å². The molecule has 5 nitrogen and oxygen atoms in total. The van der Waals surface area contributed by atoms with Crippen LogP contribution in [0.4, 0.5) is 10.5 Å². The smallest absolute Gasteiger partial charge is 0.315 e. The molecular weight excluding hydrogens is 350 g/mol. The fraction of sp³-hybridized carbons (Fsp3) is 0.391. The summed E-state index contributed by atoms with van der Waals surface area (Å²) in [4.78, 5) is 26.2. The third kappa shape index (κ3) is 3.61. The van der Waals surface area contributed by atoms with Crippen molar-refractivity contribution in [1.82, 2.24) is 10.6 Å². The van der Waals surface area contributed by atoms with E-state index in [1.807, 2.05) is 36.1 Å². The van der Waals surface area contributed by atoms with Crippen LogP contribution >= 0.6 is 0 Å². The van der Waals surface area contributed by atoms with Crippen LogP contribution in [-0.2, 0) is 11.2 Å². The fourth-order valence-corrected chi connectivity index (χ4v) is 4.32. The first-order chi connectivity index (χ1) is 13.5. The topological polar surface area (TPSA) is 61.4 Å². The second-order valence-electron chi connectivity index (χ2n) is 7.88. The zero-order valence-electron chi connectivity index (χ0n) is 16.4. The Kier molecular flexibility index (Phi) is 5.07. The molecule has 3 amide bonds. The zero-order valence-corrected chi connectivity index (χ0v) is 16.4. The molecule has 1 saturated heterocycles. The summed E-state index contributed by atoms with van der Waals surface area (Å²) in [6.07, 6.45) is 2.42. The van der Waals surface area contributed by atoms with Crippen LogP contribution in [0.1, 0.15) is 55.3 Å². The van der Waals surface area contributed by atoms with E-state index in [1.54, 1.807) is 0 Å². The van der Waals surface area contributed by atoms with E-state index < -0.39 is 0 Å². The molecule has 0 aromatic heterocycles. The van der Waals surface area contributed by atoms with E-state index in [1.165, 1.54) is 11.1 Å². The molecule has 1 unspecified atom stereocenters. The molecule has 5 heteroatoms. The highest BCUT2D eigenvalue weighted by Crippen LogP contribution is 2.32. The van der Waals surface area contributed by atoms with Gasteiger partial charge in [0, 0.05) is 30.6 Å². The molecule has 146 valence electrons. The Labute approximate surface area is 166 Å². The molecule has 28 heavy (non-hydrogen) atoms. The Bertz CT molecular complexity index is 878. The number of carbonyl (C=O) groups excluding carboxylic acids is 2. The molecule has 2 aromatic carbocycles. The summed E-state index contributed by atoms with van der Waals surface area (Å²) in [6.45, 7) is 4.93. The van der Waals surface area contributed by atoms with Crippen LogP contribution in [0, 0.1) is 0 Å². The second-order valence-corrected chi connectivity index (χ2v) is 7.88. The number of anilines is 1. The van der Waals surface area contributed by atoms with E-state index in [0.29, 0.717) is 12.3 Å². The molecule has 2 N–H and O–H groups in total. The van der Waals surface area contributed by atoms with Gasteiger partial charge in [0.25, 0.3) is 0 Å². The van der Waals surface area contributed by atoms with Crippen LogP contribution in [0.15, 0.2) is 48.5 Å². The number of hydrogen-bond acceptors (Lipinski definition) is 2. The van der Waals surface area contributed by atoms with E-state index >= 15 is 0 Å². The number of rotatable bonds is 4. The van der Waals surface area contributed by atoms with Crippen molar-refractivity contribution in [3.63, 3.8) is 0 Å². The summed E-state index contributed by atoms with van der Waals surface area (Å²) >= 11 is 0. The van der Waals surface area contributed by atoms with Gasteiger partial charge in [-0.25, -0.2) is 4.79 Å². The van der Waals surface area contributed by atoms with Crippen LogP contribution in [0.2, 0.25) is 0 Å². The monoisotopic (exact) mass is 377 g/mol. The number of hydrogen-bond donors (Lipinski definition) is 2. The summed E-state index contributed by atoms with van der Waals surface area (Å²) in [5.41, 5.74) is 4.60. The molecule has 0 saturated carbocycles. The first kappa shape index (κ1) is 18.5. The predicted molar refractivity (Wildman–Crippen MR) is 110 cm³/mol. The summed E-state index contributed by atoms with van der Waals surface area (Å²) in [6, 6.07) is 16.2. The fourth-order valence-electron chi connectivity index (χ4n) is 4.32. The van der Waals surface area contributed by atoms with Gasteiger partial charge in [0.15, 0.2) is 0 Å². The lowest BCUT2D eigenvalue weighted by molar-refractivity contribution is -0.117. The predicted octanol–water partition coefficient (Wildman–Crippen LogP) is 3.90. The van der Waals surface area contributed by atoms with Crippen LogP contribution in [0.25, 0.3) is 0 Å². The van der Waals surface area contributed by atoms with Crippen LogP contribution in [-0.4, -0.2) is 24.5 Å². The van der Waals surface area contributed by atoms with Crippen molar-refractivity contribution in [1.29, 1.82) is 0 Å². The number of benzene rings is 2. The van der Waals surface area contributed by atoms with E-state index in [4.69, 9.17) is 0 Å². The van der Waals surface area contributed by atoms with Gasteiger partial charge in [0.05, 0.1) is 6.04 Å². The van der Waals surface area contributed by atoms with Gasteiger partial charge >= 0.3 is 6.03 Å². The number of amides is 3. The van der Waals surface area contributed by atoms with Gasteiger partial charge in [-0.3, -0.25) is 4.79 Å². The average Bonchev–Trinajstić information content (AvgIpc) is 3.25. The highest BCUT2D eigenvalue weighted by atomic mass is 16.2. The largest absolute Gasteiger partial charge is 0.334 e. The SMILES string of the molecule is CC(NC(=O)N[C@@H]1Cc2ccccc2[C@@H]1C)c1ccc(N2CCCC2=O)cc1. The van der Waals surface area contributed by atoms with Gasteiger partial charge in [0.2, 0.25) is 5.91 Å². The van der Waals surface area contributed by atoms with Crippen molar-refractivity contribution in [2.45, 2.75) is 51.1 Å². The third-order valence-electron chi connectivity index (χ3n) is 6.03. The molecule has 3 atom stereocenters. The summed E-state index contributed by atoms with van der Waals surface area (Å²) < 4.78 is 0. The van der Waals surface area contributed by atoms with Gasteiger partial charge in [-0.05, 0) is 48.6 Å². The van der Waals surface area contributed by atoms with Gasteiger partial charge in [-0.15, -0.1) is 0 Å². The normalized spacial score (nSPS) is 22.1. The minimum absolute atomic E-state index is 0.109. The van der Waals surface area contributed by atoms with Crippen molar-refractivity contribution >= 4 is 17.6 Å². The minimum atomic E-state index is -0.143. The van der Waals surface area contributed by atoms with Crippen molar-refractivity contribution in [2.75, 3.05) is 11.4 Å². The Hall–Kier alpha value is -2.82. The molecule has 0 bridgehead atoms. The average molecular weight is 377 g/mol. The van der Waals surface area contributed by atoms with Crippen LogP contribution in [0.3, 0.4) is 0 Å². The van der Waals surface area contributed by atoms with Crippen molar-refractivity contribution in [3.8, 4) is 0 Å². The molecular formula is C23H27N3O2. The lowest BCUT2D eigenvalue weighted by Crippen LogP contribution is -2.44. The molecule has 2 aromatic rings. The lowest BCUT2D eigenvalue weighted by atomic mass is 10.0. The third-order valence-corrected chi connectivity index (χ3v) is 6.03. The lowest BCUT2D eigenvalue weighted by Gasteiger charge is -2.21. The number of carbonyl (C=O) groups is 2. The zero-order chi connectivity index (χ0) is 19.7. The minimum Gasteiger partial charge on any atom is -0.334 e.